The van der Waals surface area contributed by atoms with Gasteiger partial charge in [-0.25, -0.2) is 5.90 Å². The zero-order valence-corrected chi connectivity index (χ0v) is 6.10. The smallest absolute Gasteiger partial charge is 0.367 e. The summed E-state index contributed by atoms with van der Waals surface area (Å²) in [4.78, 5) is 14.2. The molecule has 1 amide bonds. The maximum atomic E-state index is 11.6. The molecule has 0 saturated carbocycles. The molecule has 0 radical (unpaired) electrons. The number of carbonyl (C=O) groups is 1. The third-order valence-electron chi connectivity index (χ3n) is 1.17. The van der Waals surface area contributed by atoms with E-state index in [1.807, 2.05) is 0 Å². The van der Waals surface area contributed by atoms with Crippen LogP contribution < -0.4 is 11.6 Å². The van der Waals surface area contributed by atoms with E-state index >= 15 is 0 Å². The minimum Gasteiger partial charge on any atom is -0.367 e. The number of alkyl halides is 3. The van der Waals surface area contributed by atoms with Crippen LogP contribution in [0.1, 0.15) is 12.8 Å². The summed E-state index contributed by atoms with van der Waals surface area (Å²) in [6.07, 6.45) is -7.38. The van der Waals surface area contributed by atoms with Crippen LogP contribution >= 0.6 is 0 Å². The topological polar surface area (TPSA) is 78.3 Å². The molecule has 4 N–H and O–H groups in total. The number of primary amides is 1. The van der Waals surface area contributed by atoms with Crippen LogP contribution in [0.5, 0.6) is 0 Å². The van der Waals surface area contributed by atoms with Crippen LogP contribution in [0.4, 0.5) is 13.2 Å². The molecule has 0 spiro atoms. The highest BCUT2D eigenvalue weighted by Gasteiger charge is 2.29. The first-order valence-electron chi connectivity index (χ1n) is 3.08. The number of carbonyl (C=O) groups excluding carboxylic acids is 1. The first-order valence-corrected chi connectivity index (χ1v) is 3.08. The number of halogens is 3. The van der Waals surface area contributed by atoms with Crippen molar-refractivity contribution in [3.05, 3.63) is 0 Å². The van der Waals surface area contributed by atoms with Crippen molar-refractivity contribution in [3.63, 3.8) is 0 Å². The maximum Gasteiger partial charge on any atom is 0.389 e. The Morgan fingerprint density at radius 2 is 2.00 bits per heavy atom. The first kappa shape index (κ1) is 11.2. The molecule has 0 heterocycles. The van der Waals surface area contributed by atoms with E-state index in [0.29, 0.717) is 0 Å². The van der Waals surface area contributed by atoms with E-state index < -0.39 is 31.0 Å². The number of hydrogen-bond donors (Lipinski definition) is 2. The summed E-state index contributed by atoms with van der Waals surface area (Å²) in [7, 11) is 0. The average Bonchev–Trinajstić information content (AvgIpc) is 1.85. The monoisotopic (exact) mass is 186 g/mol. The van der Waals surface area contributed by atoms with Gasteiger partial charge in [0.15, 0.2) is 6.10 Å². The summed E-state index contributed by atoms with van der Waals surface area (Å²) in [6.45, 7) is 0. The van der Waals surface area contributed by atoms with E-state index in [1.165, 1.54) is 0 Å². The Labute approximate surface area is 66.6 Å². The molecular formula is C5H9F3N2O2. The zero-order valence-electron chi connectivity index (χ0n) is 6.10. The minimum absolute atomic E-state index is 0.546. The first-order chi connectivity index (χ1) is 5.37. The molecule has 1 atom stereocenters. The molecule has 0 rings (SSSR count). The van der Waals surface area contributed by atoms with Crippen LogP contribution in [0.3, 0.4) is 0 Å². The SMILES string of the molecule is NO[C@H](CCC(F)(F)F)C(N)=O. The lowest BCUT2D eigenvalue weighted by Gasteiger charge is -2.11. The molecule has 0 bridgehead atoms. The van der Waals surface area contributed by atoms with Crippen LogP contribution in [0.25, 0.3) is 0 Å². The number of hydrogen-bond acceptors (Lipinski definition) is 3. The second-order valence-corrected chi connectivity index (χ2v) is 2.18. The summed E-state index contributed by atoms with van der Waals surface area (Å²) in [5.74, 6) is 3.54. The Bertz CT molecular complexity index is 159. The van der Waals surface area contributed by atoms with E-state index in [9.17, 15) is 18.0 Å². The van der Waals surface area contributed by atoms with Crippen molar-refractivity contribution in [1.82, 2.24) is 0 Å². The van der Waals surface area contributed by atoms with Crippen molar-refractivity contribution in [2.75, 3.05) is 0 Å². The summed E-state index contributed by atoms with van der Waals surface area (Å²) >= 11 is 0. The van der Waals surface area contributed by atoms with Crippen LogP contribution in [-0.4, -0.2) is 18.2 Å². The molecule has 0 aliphatic heterocycles. The molecule has 7 heteroatoms. The molecule has 0 saturated heterocycles. The molecule has 0 unspecified atom stereocenters. The molecule has 12 heavy (non-hydrogen) atoms. The number of rotatable bonds is 4. The fraction of sp³-hybridized carbons (Fsp3) is 0.800. The summed E-state index contributed by atoms with van der Waals surface area (Å²) in [6, 6.07) is 0. The Hall–Kier alpha value is -0.820. The molecule has 0 aliphatic carbocycles. The van der Waals surface area contributed by atoms with Gasteiger partial charge in [0, 0.05) is 6.42 Å². The van der Waals surface area contributed by atoms with Gasteiger partial charge in [0.1, 0.15) is 0 Å². The van der Waals surface area contributed by atoms with Gasteiger partial charge in [-0.15, -0.1) is 0 Å². The lowest BCUT2D eigenvalue weighted by atomic mass is 10.2. The standard InChI is InChI=1S/C5H9F3N2O2/c6-5(7,8)2-1-3(12-10)4(9)11/h3H,1-2,10H2,(H2,9,11)/t3-/m1/s1. The highest BCUT2D eigenvalue weighted by molar-refractivity contribution is 5.78. The van der Waals surface area contributed by atoms with Gasteiger partial charge in [-0.3, -0.25) is 9.63 Å². The van der Waals surface area contributed by atoms with Crippen LogP contribution in [-0.2, 0) is 9.63 Å². The lowest BCUT2D eigenvalue weighted by Crippen LogP contribution is -2.34. The fourth-order valence-corrected chi connectivity index (χ4v) is 0.572. The highest BCUT2D eigenvalue weighted by atomic mass is 19.4. The molecular weight excluding hydrogens is 177 g/mol. The van der Waals surface area contributed by atoms with Gasteiger partial charge in [-0.1, -0.05) is 0 Å². The molecule has 0 aliphatic rings. The summed E-state index contributed by atoms with van der Waals surface area (Å²) < 4.78 is 34.7. The lowest BCUT2D eigenvalue weighted by molar-refractivity contribution is -0.147. The predicted molar refractivity (Wildman–Crippen MR) is 33.5 cm³/mol. The Morgan fingerprint density at radius 3 is 2.25 bits per heavy atom. The quantitative estimate of drug-likeness (QED) is 0.610. The molecule has 4 nitrogen and oxygen atoms in total. The van der Waals surface area contributed by atoms with Gasteiger partial charge in [0.2, 0.25) is 5.91 Å². The van der Waals surface area contributed by atoms with E-state index in [0.717, 1.165) is 0 Å². The molecule has 0 fully saturated rings. The van der Waals surface area contributed by atoms with Crippen LogP contribution in [0.15, 0.2) is 0 Å². The average molecular weight is 186 g/mol. The highest BCUT2D eigenvalue weighted by Crippen LogP contribution is 2.22. The van der Waals surface area contributed by atoms with Gasteiger partial charge in [-0.05, 0) is 6.42 Å². The third-order valence-corrected chi connectivity index (χ3v) is 1.17. The Morgan fingerprint density at radius 1 is 1.50 bits per heavy atom. The van der Waals surface area contributed by atoms with Crippen molar-refractivity contribution >= 4 is 5.91 Å². The molecule has 0 aromatic rings. The maximum absolute atomic E-state index is 11.6. The fourth-order valence-electron chi connectivity index (χ4n) is 0.572. The van der Waals surface area contributed by atoms with Crippen molar-refractivity contribution in [2.45, 2.75) is 25.1 Å². The summed E-state index contributed by atoms with van der Waals surface area (Å²) in [5.41, 5.74) is 4.67. The predicted octanol–water partition coefficient (Wildman–Crippen LogP) is 0.0731. The van der Waals surface area contributed by atoms with Gasteiger partial charge in [0.25, 0.3) is 0 Å². The normalized spacial score (nSPS) is 14.3. The second kappa shape index (κ2) is 4.27. The molecule has 0 aromatic heterocycles. The Balaban J connectivity index is 3.81. The third kappa shape index (κ3) is 4.91. The van der Waals surface area contributed by atoms with Crippen molar-refractivity contribution in [3.8, 4) is 0 Å². The van der Waals surface area contributed by atoms with E-state index in [2.05, 4.69) is 16.5 Å². The van der Waals surface area contributed by atoms with Crippen molar-refractivity contribution < 1.29 is 22.8 Å². The van der Waals surface area contributed by atoms with E-state index in [-0.39, 0.29) is 0 Å². The number of nitrogens with two attached hydrogens (primary N) is 2. The van der Waals surface area contributed by atoms with E-state index in [4.69, 9.17) is 0 Å². The zero-order chi connectivity index (χ0) is 9.78. The van der Waals surface area contributed by atoms with Crippen molar-refractivity contribution in [1.29, 1.82) is 0 Å². The van der Waals surface area contributed by atoms with Crippen LogP contribution in [0.2, 0.25) is 0 Å². The van der Waals surface area contributed by atoms with E-state index in [1.54, 1.807) is 0 Å². The largest absolute Gasteiger partial charge is 0.389 e. The van der Waals surface area contributed by atoms with Gasteiger partial charge >= 0.3 is 6.18 Å². The number of amides is 1. The Kier molecular flexibility index (Phi) is 3.98. The second-order valence-electron chi connectivity index (χ2n) is 2.18. The van der Waals surface area contributed by atoms with Gasteiger partial charge in [-0.2, -0.15) is 13.2 Å². The minimum atomic E-state index is -4.33. The molecule has 0 aromatic carbocycles. The van der Waals surface area contributed by atoms with Crippen molar-refractivity contribution in [2.24, 2.45) is 11.6 Å². The van der Waals surface area contributed by atoms with Gasteiger partial charge in [0.05, 0.1) is 0 Å². The summed E-state index contributed by atoms with van der Waals surface area (Å²) in [5, 5.41) is 0. The van der Waals surface area contributed by atoms with Gasteiger partial charge < -0.3 is 5.73 Å². The molecule has 72 valence electrons. The van der Waals surface area contributed by atoms with Crippen LogP contribution in [0, 0.1) is 0 Å².